The van der Waals surface area contributed by atoms with Crippen molar-refractivity contribution in [2.24, 2.45) is 5.73 Å². The highest BCUT2D eigenvalue weighted by Gasteiger charge is 2.37. The summed E-state index contributed by atoms with van der Waals surface area (Å²) >= 11 is 1.64. The molecule has 0 aliphatic heterocycles. The van der Waals surface area contributed by atoms with E-state index in [1.54, 1.807) is 11.3 Å². The van der Waals surface area contributed by atoms with Gasteiger partial charge in [0.2, 0.25) is 5.89 Å². The minimum atomic E-state index is -0.111. The molecule has 2 N–H and O–H groups in total. The molecule has 6 heteroatoms. The molecule has 2 aromatic heterocycles. The van der Waals surface area contributed by atoms with Gasteiger partial charge in [0.15, 0.2) is 5.82 Å². The van der Waals surface area contributed by atoms with Crippen LogP contribution >= 0.6 is 11.3 Å². The van der Waals surface area contributed by atoms with E-state index in [1.807, 2.05) is 12.3 Å². The predicted octanol–water partition coefficient (Wildman–Crippen LogP) is 2.98. The summed E-state index contributed by atoms with van der Waals surface area (Å²) in [5.41, 5.74) is 7.00. The number of nitrogens with two attached hydrogens (primary N) is 1. The average molecular weight is 306 g/mol. The lowest BCUT2D eigenvalue weighted by Crippen LogP contribution is -2.35. The van der Waals surface area contributed by atoms with Crippen molar-refractivity contribution in [3.63, 3.8) is 0 Å². The van der Waals surface area contributed by atoms with Gasteiger partial charge in [-0.25, -0.2) is 4.98 Å². The third-order valence-corrected chi connectivity index (χ3v) is 5.32. The van der Waals surface area contributed by atoms with Gasteiger partial charge >= 0.3 is 0 Å². The zero-order valence-corrected chi connectivity index (χ0v) is 13.3. The molecule has 2 aromatic rings. The zero-order valence-electron chi connectivity index (χ0n) is 12.5. The van der Waals surface area contributed by atoms with Crippen LogP contribution in [0.4, 0.5) is 0 Å². The summed E-state index contributed by atoms with van der Waals surface area (Å²) in [5, 5.41) is 7.22. The Morgan fingerprint density at radius 1 is 1.24 bits per heavy atom. The van der Waals surface area contributed by atoms with Gasteiger partial charge in [-0.05, 0) is 19.8 Å². The molecule has 2 heterocycles. The quantitative estimate of drug-likeness (QED) is 0.879. The summed E-state index contributed by atoms with van der Waals surface area (Å²) in [6.07, 6.45) is 7.70. The van der Waals surface area contributed by atoms with Gasteiger partial charge < -0.3 is 10.3 Å². The summed E-state index contributed by atoms with van der Waals surface area (Å²) < 4.78 is 5.57. The second-order valence-corrected chi connectivity index (χ2v) is 6.92. The van der Waals surface area contributed by atoms with Gasteiger partial charge in [-0.2, -0.15) is 4.98 Å². The van der Waals surface area contributed by atoms with Crippen LogP contribution in [-0.4, -0.2) is 21.7 Å². The lowest BCUT2D eigenvalue weighted by molar-refractivity contribution is 0.256. The van der Waals surface area contributed by atoms with Crippen LogP contribution in [0.5, 0.6) is 0 Å². The molecular formula is C15H22N4OS. The molecule has 21 heavy (non-hydrogen) atoms. The van der Waals surface area contributed by atoms with Crippen molar-refractivity contribution in [1.29, 1.82) is 0 Å². The second kappa shape index (κ2) is 6.23. The molecule has 0 spiro atoms. The number of rotatable bonds is 4. The molecule has 0 radical (unpaired) electrons. The highest BCUT2D eigenvalue weighted by Crippen LogP contribution is 2.36. The van der Waals surface area contributed by atoms with E-state index in [1.165, 1.54) is 25.7 Å². The molecular weight excluding hydrogens is 284 g/mol. The van der Waals surface area contributed by atoms with Gasteiger partial charge in [-0.1, -0.05) is 30.8 Å². The van der Waals surface area contributed by atoms with E-state index >= 15 is 0 Å². The maximum absolute atomic E-state index is 6.07. The Kier molecular flexibility index (Phi) is 4.35. The first kappa shape index (κ1) is 14.7. The fraction of sp³-hybridized carbons (Fsp3) is 0.667. The number of aromatic nitrogens is 3. The molecule has 1 fully saturated rings. The first-order valence-electron chi connectivity index (χ1n) is 7.66. The first-order chi connectivity index (χ1) is 10.2. The van der Waals surface area contributed by atoms with Gasteiger partial charge in [0.25, 0.3) is 0 Å². The monoisotopic (exact) mass is 306 g/mol. The topological polar surface area (TPSA) is 77.8 Å². The highest BCUT2D eigenvalue weighted by atomic mass is 32.1. The molecule has 1 saturated carbocycles. The van der Waals surface area contributed by atoms with E-state index in [0.717, 1.165) is 35.3 Å². The molecule has 0 aromatic carbocycles. The molecule has 1 aliphatic carbocycles. The van der Waals surface area contributed by atoms with Crippen LogP contribution in [0.3, 0.4) is 0 Å². The van der Waals surface area contributed by atoms with Crippen molar-refractivity contribution >= 4 is 11.3 Å². The lowest BCUT2D eigenvalue weighted by atomic mass is 9.80. The van der Waals surface area contributed by atoms with Gasteiger partial charge in [-0.15, -0.1) is 11.3 Å². The van der Waals surface area contributed by atoms with Crippen molar-refractivity contribution in [1.82, 2.24) is 15.1 Å². The van der Waals surface area contributed by atoms with E-state index in [-0.39, 0.29) is 5.41 Å². The summed E-state index contributed by atoms with van der Waals surface area (Å²) in [7, 11) is 0. The van der Waals surface area contributed by atoms with E-state index in [0.29, 0.717) is 13.0 Å². The van der Waals surface area contributed by atoms with Crippen molar-refractivity contribution in [2.45, 2.75) is 57.3 Å². The Hall–Kier alpha value is -1.27. The van der Waals surface area contributed by atoms with Crippen LogP contribution in [-0.2, 0) is 11.8 Å². The van der Waals surface area contributed by atoms with Gasteiger partial charge in [0.05, 0.1) is 11.8 Å². The average Bonchev–Trinajstić information content (AvgIpc) is 3.03. The van der Waals surface area contributed by atoms with E-state index in [4.69, 9.17) is 10.3 Å². The molecule has 0 bridgehead atoms. The molecule has 5 nitrogen and oxygen atoms in total. The number of aryl methyl sites for hydroxylation is 1. The van der Waals surface area contributed by atoms with Gasteiger partial charge in [0, 0.05) is 17.6 Å². The SMILES string of the molecule is Cc1csc(Cc2noc(C3(CN)CCCCCC3)n2)n1. The van der Waals surface area contributed by atoms with Crippen LogP contribution in [0.15, 0.2) is 9.90 Å². The minimum absolute atomic E-state index is 0.111. The number of thiazole rings is 1. The van der Waals surface area contributed by atoms with Crippen LogP contribution < -0.4 is 5.73 Å². The van der Waals surface area contributed by atoms with Crippen molar-refractivity contribution < 1.29 is 4.52 Å². The van der Waals surface area contributed by atoms with Gasteiger partial charge in [-0.3, -0.25) is 0 Å². The molecule has 0 amide bonds. The lowest BCUT2D eigenvalue weighted by Gasteiger charge is -2.26. The van der Waals surface area contributed by atoms with Crippen LogP contribution in [0.25, 0.3) is 0 Å². The maximum atomic E-state index is 6.07. The maximum Gasteiger partial charge on any atom is 0.234 e. The summed E-state index contributed by atoms with van der Waals surface area (Å²) in [5.74, 6) is 1.45. The number of hydrogen-bond donors (Lipinski definition) is 1. The van der Waals surface area contributed by atoms with Crippen molar-refractivity contribution in [3.05, 3.63) is 27.8 Å². The molecule has 3 rings (SSSR count). The van der Waals surface area contributed by atoms with Gasteiger partial charge in [0.1, 0.15) is 5.01 Å². The van der Waals surface area contributed by atoms with Crippen LogP contribution in [0.2, 0.25) is 0 Å². The molecule has 114 valence electrons. The Bertz CT molecular complexity index is 584. The van der Waals surface area contributed by atoms with Crippen molar-refractivity contribution in [3.8, 4) is 0 Å². The van der Waals surface area contributed by atoms with E-state index < -0.39 is 0 Å². The smallest absolute Gasteiger partial charge is 0.234 e. The van der Waals surface area contributed by atoms with E-state index in [2.05, 4.69) is 15.1 Å². The standard InChI is InChI=1S/C15H22N4OS/c1-11-9-21-13(17-11)8-12-18-14(20-19-12)15(10-16)6-4-2-3-5-7-15/h9H,2-8,10,16H2,1H3. The van der Waals surface area contributed by atoms with Crippen LogP contribution in [0, 0.1) is 6.92 Å². The molecule has 0 atom stereocenters. The first-order valence-corrected chi connectivity index (χ1v) is 8.54. The third-order valence-electron chi connectivity index (χ3n) is 4.35. The third kappa shape index (κ3) is 3.16. The highest BCUT2D eigenvalue weighted by molar-refractivity contribution is 7.09. The summed E-state index contributed by atoms with van der Waals surface area (Å²) in [4.78, 5) is 9.08. The Morgan fingerprint density at radius 3 is 2.62 bits per heavy atom. The predicted molar refractivity (Wildman–Crippen MR) is 82.4 cm³/mol. The summed E-state index contributed by atoms with van der Waals surface area (Å²) in [6, 6.07) is 0. The summed E-state index contributed by atoms with van der Waals surface area (Å²) in [6.45, 7) is 2.58. The minimum Gasteiger partial charge on any atom is -0.339 e. The van der Waals surface area contributed by atoms with Crippen molar-refractivity contribution in [2.75, 3.05) is 6.54 Å². The fourth-order valence-corrected chi connectivity index (χ4v) is 3.84. The number of nitrogens with zero attached hydrogens (tertiary/aromatic N) is 3. The molecule has 0 unspecified atom stereocenters. The van der Waals surface area contributed by atoms with E-state index in [9.17, 15) is 0 Å². The van der Waals surface area contributed by atoms with Crippen LogP contribution in [0.1, 0.15) is 60.9 Å². The normalized spacial score (nSPS) is 18.6. The molecule has 0 saturated heterocycles. The molecule has 1 aliphatic rings. The largest absolute Gasteiger partial charge is 0.339 e. The zero-order chi connectivity index (χ0) is 14.7. The Labute approximate surface area is 129 Å². The second-order valence-electron chi connectivity index (χ2n) is 5.97. The Balaban J connectivity index is 1.79. The number of hydrogen-bond acceptors (Lipinski definition) is 6. The fourth-order valence-electron chi connectivity index (χ4n) is 3.07. The Morgan fingerprint density at radius 2 is 2.00 bits per heavy atom.